The largest absolute Gasteiger partial charge is 0.356 e. The normalized spacial score (nSPS) is 10.7. The van der Waals surface area contributed by atoms with Gasteiger partial charge in [-0.25, -0.2) is 0 Å². The topological polar surface area (TPSA) is 46.9 Å². The Balaban J connectivity index is 1.46. The highest BCUT2D eigenvalue weighted by atomic mass is 16.1. The van der Waals surface area contributed by atoms with Crippen molar-refractivity contribution in [2.75, 3.05) is 6.54 Å². The maximum absolute atomic E-state index is 11.9. The number of nitrogens with zero attached hydrogens (tertiary/aromatic N) is 2. The number of pyridine rings is 1. The van der Waals surface area contributed by atoms with Crippen molar-refractivity contribution >= 4 is 16.8 Å². The second-order valence-corrected chi connectivity index (χ2v) is 5.24. The van der Waals surface area contributed by atoms with Gasteiger partial charge in [0.25, 0.3) is 0 Å². The molecule has 2 aromatic heterocycles. The highest BCUT2D eigenvalue weighted by Gasteiger charge is 2.04. The van der Waals surface area contributed by atoms with E-state index in [1.165, 1.54) is 10.9 Å². The van der Waals surface area contributed by atoms with Gasteiger partial charge in [-0.2, -0.15) is 0 Å². The smallest absolute Gasteiger partial charge is 0.221 e. The molecule has 112 valence electrons. The van der Waals surface area contributed by atoms with Crippen LogP contribution in [0.5, 0.6) is 0 Å². The average molecular weight is 293 g/mol. The van der Waals surface area contributed by atoms with Gasteiger partial charge < -0.3 is 9.88 Å². The maximum atomic E-state index is 11.9. The molecule has 0 unspecified atom stereocenters. The molecule has 3 rings (SSSR count). The molecule has 0 atom stereocenters. The SMILES string of the molecule is O=C(CCn1ccc2ccccc21)NCCc1ccccn1. The summed E-state index contributed by atoms with van der Waals surface area (Å²) < 4.78 is 2.12. The number of hydrogen-bond donors (Lipinski definition) is 1. The lowest BCUT2D eigenvalue weighted by Crippen LogP contribution is -2.26. The van der Waals surface area contributed by atoms with Gasteiger partial charge in [0.15, 0.2) is 0 Å². The summed E-state index contributed by atoms with van der Waals surface area (Å²) >= 11 is 0. The van der Waals surface area contributed by atoms with E-state index in [9.17, 15) is 4.79 Å². The Morgan fingerprint density at radius 3 is 2.82 bits per heavy atom. The molecule has 2 heterocycles. The highest BCUT2D eigenvalue weighted by Crippen LogP contribution is 2.15. The minimum absolute atomic E-state index is 0.0775. The molecule has 4 nitrogen and oxygen atoms in total. The van der Waals surface area contributed by atoms with Gasteiger partial charge in [0.2, 0.25) is 5.91 Å². The number of aromatic nitrogens is 2. The van der Waals surface area contributed by atoms with Gasteiger partial charge >= 0.3 is 0 Å². The first kappa shape index (κ1) is 14.3. The van der Waals surface area contributed by atoms with Crippen molar-refractivity contribution in [1.82, 2.24) is 14.9 Å². The van der Waals surface area contributed by atoms with Crippen molar-refractivity contribution in [2.45, 2.75) is 19.4 Å². The number of aryl methyl sites for hydroxylation is 1. The van der Waals surface area contributed by atoms with Crippen LogP contribution in [0.15, 0.2) is 60.9 Å². The summed E-state index contributed by atoms with van der Waals surface area (Å²) in [7, 11) is 0. The zero-order valence-corrected chi connectivity index (χ0v) is 12.4. The van der Waals surface area contributed by atoms with Gasteiger partial charge in [-0.05, 0) is 29.7 Å². The van der Waals surface area contributed by atoms with Crippen molar-refractivity contribution in [3.05, 3.63) is 66.6 Å². The first-order valence-electron chi connectivity index (χ1n) is 7.53. The molecule has 0 aliphatic rings. The van der Waals surface area contributed by atoms with Gasteiger partial charge in [-0.1, -0.05) is 24.3 Å². The Morgan fingerprint density at radius 2 is 1.95 bits per heavy atom. The molecule has 4 heteroatoms. The second-order valence-electron chi connectivity index (χ2n) is 5.24. The van der Waals surface area contributed by atoms with Crippen molar-refractivity contribution < 1.29 is 4.79 Å². The number of nitrogens with one attached hydrogen (secondary N) is 1. The maximum Gasteiger partial charge on any atom is 0.221 e. The van der Waals surface area contributed by atoms with Crippen LogP contribution in [0.3, 0.4) is 0 Å². The molecule has 1 amide bonds. The van der Waals surface area contributed by atoms with Crippen molar-refractivity contribution in [2.24, 2.45) is 0 Å². The lowest BCUT2D eigenvalue weighted by atomic mass is 10.2. The number of benzene rings is 1. The number of fused-ring (bicyclic) bond motifs is 1. The summed E-state index contributed by atoms with van der Waals surface area (Å²) in [5.41, 5.74) is 2.17. The van der Waals surface area contributed by atoms with Crippen LogP contribution >= 0.6 is 0 Å². The first-order valence-corrected chi connectivity index (χ1v) is 7.53. The Kier molecular flexibility index (Phi) is 4.49. The van der Waals surface area contributed by atoms with Gasteiger partial charge in [0.05, 0.1) is 0 Å². The molecule has 0 saturated carbocycles. The summed E-state index contributed by atoms with van der Waals surface area (Å²) in [6.07, 6.45) is 5.06. The average Bonchev–Trinajstić information content (AvgIpc) is 2.97. The van der Waals surface area contributed by atoms with Crippen LogP contribution in [0.1, 0.15) is 12.1 Å². The van der Waals surface area contributed by atoms with E-state index in [2.05, 4.69) is 33.1 Å². The van der Waals surface area contributed by atoms with E-state index in [4.69, 9.17) is 0 Å². The van der Waals surface area contributed by atoms with E-state index in [1.807, 2.05) is 36.5 Å². The van der Waals surface area contributed by atoms with Crippen molar-refractivity contribution in [3.63, 3.8) is 0 Å². The number of amides is 1. The van der Waals surface area contributed by atoms with Crippen LogP contribution < -0.4 is 5.32 Å². The van der Waals surface area contributed by atoms with Gasteiger partial charge in [0, 0.05) is 49.5 Å². The van der Waals surface area contributed by atoms with Crippen LogP contribution in [0.25, 0.3) is 10.9 Å². The predicted octanol–water partition coefficient (Wildman–Crippen LogP) is 2.79. The fourth-order valence-corrected chi connectivity index (χ4v) is 2.52. The standard InChI is InChI=1S/C18H19N3O/c22-18(20-12-8-16-6-3-4-11-19-16)10-14-21-13-9-15-5-1-2-7-17(15)21/h1-7,9,11,13H,8,10,12,14H2,(H,20,22). The fourth-order valence-electron chi connectivity index (χ4n) is 2.52. The second kappa shape index (κ2) is 6.89. The molecule has 0 bridgehead atoms. The molecular formula is C18H19N3O. The minimum Gasteiger partial charge on any atom is -0.356 e. The number of carbonyl (C=O) groups excluding carboxylic acids is 1. The highest BCUT2D eigenvalue weighted by molar-refractivity contribution is 5.80. The summed E-state index contributed by atoms with van der Waals surface area (Å²) in [4.78, 5) is 16.2. The quantitative estimate of drug-likeness (QED) is 0.759. The predicted molar refractivity (Wildman–Crippen MR) is 87.5 cm³/mol. The van der Waals surface area contributed by atoms with Crippen LogP contribution in [0.2, 0.25) is 0 Å². The number of hydrogen-bond acceptors (Lipinski definition) is 2. The van der Waals surface area contributed by atoms with Crippen LogP contribution in [-0.4, -0.2) is 22.0 Å². The molecule has 22 heavy (non-hydrogen) atoms. The lowest BCUT2D eigenvalue weighted by Gasteiger charge is -2.07. The van der Waals surface area contributed by atoms with Gasteiger partial charge in [-0.3, -0.25) is 9.78 Å². The zero-order valence-electron chi connectivity index (χ0n) is 12.4. The van der Waals surface area contributed by atoms with E-state index in [0.29, 0.717) is 19.5 Å². The molecule has 1 aromatic carbocycles. The van der Waals surface area contributed by atoms with E-state index in [0.717, 1.165) is 12.1 Å². The van der Waals surface area contributed by atoms with E-state index in [1.54, 1.807) is 6.20 Å². The first-order chi connectivity index (χ1) is 10.8. The zero-order chi connectivity index (χ0) is 15.2. The van der Waals surface area contributed by atoms with Gasteiger partial charge in [0.1, 0.15) is 0 Å². The molecule has 0 saturated heterocycles. The lowest BCUT2D eigenvalue weighted by molar-refractivity contribution is -0.121. The summed E-state index contributed by atoms with van der Waals surface area (Å²) in [6.45, 7) is 1.32. The van der Waals surface area contributed by atoms with E-state index < -0.39 is 0 Å². The third-order valence-corrected chi connectivity index (χ3v) is 3.69. The van der Waals surface area contributed by atoms with E-state index >= 15 is 0 Å². The summed E-state index contributed by atoms with van der Waals surface area (Å²) in [6, 6.07) is 16.1. The molecule has 1 N–H and O–H groups in total. The number of carbonyl (C=O) groups is 1. The van der Waals surface area contributed by atoms with Gasteiger partial charge in [-0.15, -0.1) is 0 Å². The minimum atomic E-state index is 0.0775. The summed E-state index contributed by atoms with van der Waals surface area (Å²) in [5, 5.41) is 4.16. The number of para-hydroxylation sites is 1. The van der Waals surface area contributed by atoms with Crippen LogP contribution in [-0.2, 0) is 17.8 Å². The monoisotopic (exact) mass is 293 g/mol. The molecule has 3 aromatic rings. The summed E-state index contributed by atoms with van der Waals surface area (Å²) in [5.74, 6) is 0.0775. The fraction of sp³-hybridized carbons (Fsp3) is 0.222. The molecule has 0 radical (unpaired) electrons. The van der Waals surface area contributed by atoms with Crippen molar-refractivity contribution in [1.29, 1.82) is 0 Å². The van der Waals surface area contributed by atoms with E-state index in [-0.39, 0.29) is 5.91 Å². The molecule has 0 fully saturated rings. The Morgan fingerprint density at radius 1 is 1.09 bits per heavy atom. The van der Waals surface area contributed by atoms with Crippen LogP contribution in [0, 0.1) is 0 Å². The molecule has 0 spiro atoms. The van der Waals surface area contributed by atoms with Crippen molar-refractivity contribution in [3.8, 4) is 0 Å². The number of rotatable bonds is 6. The molecule has 0 aliphatic heterocycles. The Bertz CT molecular complexity index is 749. The molecule has 0 aliphatic carbocycles. The Hall–Kier alpha value is -2.62. The third kappa shape index (κ3) is 3.52. The van der Waals surface area contributed by atoms with Crippen LogP contribution in [0.4, 0.5) is 0 Å². The third-order valence-electron chi connectivity index (χ3n) is 3.69. The Labute approximate surface area is 129 Å². The molecular weight excluding hydrogens is 274 g/mol.